The number of hydrogen-bond donors (Lipinski definition) is 1. The van der Waals surface area contributed by atoms with Crippen LogP contribution in [0.3, 0.4) is 0 Å². The Labute approximate surface area is 115 Å². The Morgan fingerprint density at radius 3 is 2.68 bits per heavy atom. The third kappa shape index (κ3) is 2.53. The van der Waals surface area contributed by atoms with Crippen LogP contribution in [-0.2, 0) is 20.1 Å². The Balaban J connectivity index is 1.93. The van der Waals surface area contributed by atoms with E-state index in [9.17, 15) is 0 Å². The molecule has 0 bridgehead atoms. The van der Waals surface area contributed by atoms with Gasteiger partial charge in [-0.1, -0.05) is 12.5 Å². The molecule has 3 nitrogen and oxygen atoms in total. The predicted molar refractivity (Wildman–Crippen MR) is 79.9 cm³/mol. The molecule has 0 unspecified atom stereocenters. The summed E-state index contributed by atoms with van der Waals surface area (Å²) in [4.78, 5) is 2.58. The lowest BCUT2D eigenvalue weighted by atomic mass is 10.1. The second-order valence-electron chi connectivity index (χ2n) is 5.66. The van der Waals surface area contributed by atoms with Crippen molar-refractivity contribution in [2.45, 2.75) is 32.4 Å². The van der Waals surface area contributed by atoms with Crippen molar-refractivity contribution in [3.63, 3.8) is 0 Å². The van der Waals surface area contributed by atoms with Gasteiger partial charge in [0.2, 0.25) is 0 Å². The molecule has 3 heteroatoms. The summed E-state index contributed by atoms with van der Waals surface area (Å²) >= 11 is 0. The van der Waals surface area contributed by atoms with E-state index < -0.39 is 0 Å². The smallest absolute Gasteiger partial charge is 0.0481 e. The van der Waals surface area contributed by atoms with Gasteiger partial charge in [0.15, 0.2) is 0 Å². The lowest BCUT2D eigenvalue weighted by molar-refractivity contribution is 0.221. The lowest BCUT2D eigenvalue weighted by Crippen LogP contribution is -2.28. The Morgan fingerprint density at radius 2 is 1.95 bits per heavy atom. The van der Waals surface area contributed by atoms with E-state index in [1.807, 2.05) is 0 Å². The van der Waals surface area contributed by atoms with Gasteiger partial charge in [-0.2, -0.15) is 0 Å². The van der Waals surface area contributed by atoms with Crippen molar-refractivity contribution in [3.8, 4) is 0 Å². The summed E-state index contributed by atoms with van der Waals surface area (Å²) < 4.78 is 2.23. The minimum absolute atomic E-state index is 0.619. The molecule has 1 fully saturated rings. The van der Waals surface area contributed by atoms with Gasteiger partial charge in [-0.15, -0.1) is 0 Å². The molecular formula is C16H23N3. The third-order valence-electron chi connectivity index (χ3n) is 4.21. The molecule has 0 spiro atoms. The van der Waals surface area contributed by atoms with Crippen molar-refractivity contribution in [1.82, 2.24) is 9.47 Å². The van der Waals surface area contributed by atoms with Crippen molar-refractivity contribution in [1.29, 1.82) is 0 Å². The van der Waals surface area contributed by atoms with Gasteiger partial charge < -0.3 is 10.3 Å². The molecule has 2 heterocycles. The minimum atomic E-state index is 0.619. The van der Waals surface area contributed by atoms with Crippen LogP contribution in [0.25, 0.3) is 10.9 Å². The van der Waals surface area contributed by atoms with Crippen LogP contribution in [0.2, 0.25) is 0 Å². The van der Waals surface area contributed by atoms with E-state index in [2.05, 4.69) is 40.9 Å². The van der Waals surface area contributed by atoms with Gasteiger partial charge in [0, 0.05) is 37.2 Å². The molecule has 2 aromatic rings. The number of aryl methyl sites for hydroxylation is 1. The van der Waals surface area contributed by atoms with Crippen LogP contribution in [-0.4, -0.2) is 22.6 Å². The first-order valence-corrected chi connectivity index (χ1v) is 7.27. The van der Waals surface area contributed by atoms with Crippen LogP contribution in [0.4, 0.5) is 0 Å². The van der Waals surface area contributed by atoms with Crippen molar-refractivity contribution >= 4 is 10.9 Å². The zero-order valence-corrected chi connectivity index (χ0v) is 11.7. The zero-order valence-electron chi connectivity index (χ0n) is 11.7. The molecule has 0 atom stereocenters. The quantitative estimate of drug-likeness (QED) is 0.917. The molecule has 19 heavy (non-hydrogen) atoms. The largest absolute Gasteiger partial charge is 0.350 e. The van der Waals surface area contributed by atoms with Crippen LogP contribution in [0.1, 0.15) is 30.4 Å². The number of nitrogens with zero attached hydrogens (tertiary/aromatic N) is 2. The van der Waals surface area contributed by atoms with Gasteiger partial charge in [0.05, 0.1) is 0 Å². The second-order valence-corrected chi connectivity index (χ2v) is 5.66. The maximum Gasteiger partial charge on any atom is 0.0481 e. The average molecular weight is 257 g/mol. The first-order chi connectivity index (χ1) is 9.28. The Kier molecular flexibility index (Phi) is 3.58. The number of hydrogen-bond acceptors (Lipinski definition) is 2. The molecule has 2 N–H and O–H groups in total. The first-order valence-electron chi connectivity index (χ1n) is 7.27. The Hall–Kier alpha value is -1.32. The molecule has 1 aliphatic rings. The Morgan fingerprint density at radius 1 is 1.16 bits per heavy atom. The monoisotopic (exact) mass is 257 g/mol. The van der Waals surface area contributed by atoms with Crippen LogP contribution >= 0.6 is 0 Å². The number of fused-ring (bicyclic) bond motifs is 1. The number of nitrogens with two attached hydrogens (primary N) is 1. The van der Waals surface area contributed by atoms with Gasteiger partial charge in [-0.25, -0.2) is 0 Å². The van der Waals surface area contributed by atoms with Crippen LogP contribution in [0.5, 0.6) is 0 Å². The predicted octanol–water partition coefficient (Wildman–Crippen LogP) is 2.62. The summed E-state index contributed by atoms with van der Waals surface area (Å²) in [6, 6.07) is 6.58. The Bertz CT molecular complexity index is 565. The maximum absolute atomic E-state index is 5.76. The van der Waals surface area contributed by atoms with Crippen molar-refractivity contribution in [3.05, 3.63) is 35.5 Å². The molecule has 1 aromatic carbocycles. The maximum atomic E-state index is 5.76. The summed E-state index contributed by atoms with van der Waals surface area (Å²) in [6.07, 6.45) is 6.36. The van der Waals surface area contributed by atoms with E-state index in [0.717, 1.165) is 6.54 Å². The summed E-state index contributed by atoms with van der Waals surface area (Å²) in [5.41, 5.74) is 9.73. The van der Waals surface area contributed by atoms with Gasteiger partial charge >= 0.3 is 0 Å². The van der Waals surface area contributed by atoms with Gasteiger partial charge in [-0.3, -0.25) is 4.90 Å². The second kappa shape index (κ2) is 5.35. The molecule has 102 valence electrons. The van der Waals surface area contributed by atoms with Gasteiger partial charge in [-0.05, 0) is 49.2 Å². The highest BCUT2D eigenvalue weighted by Crippen LogP contribution is 2.24. The average Bonchev–Trinajstić information content (AvgIpc) is 2.76. The summed E-state index contributed by atoms with van der Waals surface area (Å²) in [7, 11) is 2.13. The number of aromatic nitrogens is 1. The highest BCUT2D eigenvalue weighted by Gasteiger charge is 2.14. The zero-order chi connectivity index (χ0) is 13.2. The van der Waals surface area contributed by atoms with E-state index in [0.29, 0.717) is 6.54 Å². The number of piperidine rings is 1. The molecule has 0 aliphatic carbocycles. The summed E-state index contributed by atoms with van der Waals surface area (Å²) in [5.74, 6) is 0. The fraction of sp³-hybridized carbons (Fsp3) is 0.500. The number of likely N-dealkylation sites (tertiary alicyclic amines) is 1. The van der Waals surface area contributed by atoms with Gasteiger partial charge in [0.25, 0.3) is 0 Å². The number of benzene rings is 1. The minimum Gasteiger partial charge on any atom is -0.350 e. The first kappa shape index (κ1) is 12.7. The summed E-state index contributed by atoms with van der Waals surface area (Å²) in [5, 5.41) is 1.37. The standard InChI is InChI=1S/C16H23N3/c1-18-11-14(12-19-7-3-2-4-8-19)15-9-13(10-17)5-6-16(15)18/h5-6,9,11H,2-4,7-8,10,12,17H2,1H3. The molecule has 1 aromatic heterocycles. The third-order valence-corrected chi connectivity index (χ3v) is 4.21. The van der Waals surface area contributed by atoms with E-state index >= 15 is 0 Å². The fourth-order valence-corrected chi connectivity index (χ4v) is 3.13. The lowest BCUT2D eigenvalue weighted by Gasteiger charge is -2.26. The van der Waals surface area contributed by atoms with Crippen molar-refractivity contribution < 1.29 is 0 Å². The highest BCUT2D eigenvalue weighted by molar-refractivity contribution is 5.84. The van der Waals surface area contributed by atoms with Crippen molar-refractivity contribution in [2.24, 2.45) is 12.8 Å². The van der Waals surface area contributed by atoms with E-state index in [1.165, 1.54) is 54.4 Å². The molecular weight excluding hydrogens is 234 g/mol. The van der Waals surface area contributed by atoms with E-state index in [-0.39, 0.29) is 0 Å². The van der Waals surface area contributed by atoms with Gasteiger partial charge in [0.1, 0.15) is 0 Å². The molecule has 0 saturated carbocycles. The van der Waals surface area contributed by atoms with Crippen molar-refractivity contribution in [2.75, 3.05) is 13.1 Å². The molecule has 3 rings (SSSR count). The van der Waals surface area contributed by atoms with E-state index in [1.54, 1.807) is 0 Å². The highest BCUT2D eigenvalue weighted by atomic mass is 15.1. The molecule has 1 saturated heterocycles. The molecule has 0 radical (unpaired) electrons. The summed E-state index contributed by atoms with van der Waals surface area (Å²) in [6.45, 7) is 4.18. The molecule has 1 aliphatic heterocycles. The van der Waals surface area contributed by atoms with E-state index in [4.69, 9.17) is 5.73 Å². The fourth-order valence-electron chi connectivity index (χ4n) is 3.13. The number of rotatable bonds is 3. The van der Waals surface area contributed by atoms with Crippen LogP contribution in [0, 0.1) is 0 Å². The van der Waals surface area contributed by atoms with Crippen LogP contribution in [0.15, 0.2) is 24.4 Å². The normalized spacial score (nSPS) is 17.2. The molecule has 0 amide bonds. The SMILES string of the molecule is Cn1cc(CN2CCCCC2)c2cc(CN)ccc21. The topological polar surface area (TPSA) is 34.2 Å². The van der Waals surface area contributed by atoms with Crippen LogP contribution < -0.4 is 5.73 Å².